The van der Waals surface area contributed by atoms with Gasteiger partial charge in [-0.1, -0.05) is 110 Å². The summed E-state index contributed by atoms with van der Waals surface area (Å²) in [5.74, 6) is 0.937. The van der Waals surface area contributed by atoms with Crippen molar-refractivity contribution in [1.82, 2.24) is 20.9 Å². The van der Waals surface area contributed by atoms with Crippen molar-refractivity contribution < 1.29 is 14.4 Å². The van der Waals surface area contributed by atoms with Crippen molar-refractivity contribution in [1.29, 1.82) is 0 Å². The summed E-state index contributed by atoms with van der Waals surface area (Å²) in [6, 6.07) is 30.2. The lowest BCUT2D eigenvalue weighted by Gasteiger charge is -2.36. The Bertz CT molecular complexity index is 1300. The van der Waals surface area contributed by atoms with Gasteiger partial charge in [0.2, 0.25) is 17.7 Å². The SMILES string of the molecule is O=C(CCCNC(=O)CNC(=O)CC(c1ccccc1)(c1ccccc1)c1ccccc1)NCC1CCCN(CC2CCCCC2)C1. The molecule has 1 heterocycles. The topological polar surface area (TPSA) is 90.5 Å². The lowest BCUT2D eigenvalue weighted by molar-refractivity contribution is -0.126. The molecule has 1 aliphatic heterocycles. The molecule has 5 rings (SSSR count). The summed E-state index contributed by atoms with van der Waals surface area (Å²) in [6.07, 6.45) is 10.4. The molecule has 3 aromatic rings. The van der Waals surface area contributed by atoms with Gasteiger partial charge in [0.1, 0.15) is 0 Å². The van der Waals surface area contributed by atoms with Gasteiger partial charge in [-0.2, -0.15) is 0 Å². The molecule has 1 saturated heterocycles. The second-order valence-electron chi connectivity index (χ2n) is 13.5. The van der Waals surface area contributed by atoms with Gasteiger partial charge >= 0.3 is 0 Å². The molecule has 47 heavy (non-hydrogen) atoms. The highest BCUT2D eigenvalue weighted by Crippen LogP contribution is 2.42. The lowest BCUT2D eigenvalue weighted by atomic mass is 9.67. The van der Waals surface area contributed by atoms with E-state index in [-0.39, 0.29) is 30.7 Å². The fourth-order valence-electron chi connectivity index (χ4n) is 7.56. The van der Waals surface area contributed by atoms with E-state index >= 15 is 0 Å². The first-order chi connectivity index (χ1) is 23.0. The van der Waals surface area contributed by atoms with Crippen LogP contribution in [-0.4, -0.2) is 61.9 Å². The Morgan fingerprint density at radius 2 is 1.21 bits per heavy atom. The van der Waals surface area contributed by atoms with E-state index in [1.54, 1.807) is 0 Å². The Labute approximate surface area is 280 Å². The molecule has 1 atom stereocenters. The number of piperidine rings is 1. The third kappa shape index (κ3) is 10.0. The number of hydrogen-bond acceptors (Lipinski definition) is 4. The van der Waals surface area contributed by atoms with Crippen molar-refractivity contribution in [2.75, 3.05) is 39.3 Å². The van der Waals surface area contributed by atoms with Crippen LogP contribution in [-0.2, 0) is 19.8 Å². The molecule has 2 fully saturated rings. The largest absolute Gasteiger partial charge is 0.356 e. The summed E-state index contributed by atoms with van der Waals surface area (Å²) in [7, 11) is 0. The molecule has 1 aliphatic carbocycles. The first-order valence-corrected chi connectivity index (χ1v) is 17.7. The Hall–Kier alpha value is -3.97. The smallest absolute Gasteiger partial charge is 0.239 e. The van der Waals surface area contributed by atoms with Crippen LogP contribution >= 0.6 is 0 Å². The summed E-state index contributed by atoms with van der Waals surface area (Å²) in [4.78, 5) is 41.3. The Kier molecular flexibility index (Phi) is 13.0. The summed E-state index contributed by atoms with van der Waals surface area (Å²) in [5.41, 5.74) is 2.31. The third-order valence-corrected chi connectivity index (χ3v) is 10.0. The number of benzene rings is 3. The highest BCUT2D eigenvalue weighted by atomic mass is 16.2. The van der Waals surface area contributed by atoms with Crippen LogP contribution in [0, 0.1) is 11.8 Å². The highest BCUT2D eigenvalue weighted by molar-refractivity contribution is 5.86. The molecule has 2 aliphatic rings. The second-order valence-corrected chi connectivity index (χ2v) is 13.5. The number of rotatable bonds is 15. The minimum atomic E-state index is -0.719. The standard InChI is InChI=1S/C40H52N4O3/c45-37(42-28-33-17-14-26-44(31-33)30-32-15-5-1-6-16-32)24-13-25-41-39(47)29-43-38(46)27-40(34-18-7-2-8-19-34,35-20-9-3-10-21-35)36-22-11-4-12-23-36/h2-4,7-12,18-23,32-33H,1,5-6,13-17,24-31H2,(H,41,47)(H,42,45)(H,43,46). The van der Waals surface area contributed by atoms with Crippen molar-refractivity contribution in [3.8, 4) is 0 Å². The normalized spacial score (nSPS) is 17.5. The molecule has 1 unspecified atom stereocenters. The molecule has 3 aromatic carbocycles. The van der Waals surface area contributed by atoms with Gasteiger partial charge in [-0.3, -0.25) is 14.4 Å². The van der Waals surface area contributed by atoms with E-state index < -0.39 is 5.41 Å². The van der Waals surface area contributed by atoms with Crippen LogP contribution in [0.25, 0.3) is 0 Å². The summed E-state index contributed by atoms with van der Waals surface area (Å²) >= 11 is 0. The van der Waals surface area contributed by atoms with Crippen molar-refractivity contribution in [3.63, 3.8) is 0 Å². The average molecular weight is 637 g/mol. The zero-order valence-corrected chi connectivity index (χ0v) is 27.8. The van der Waals surface area contributed by atoms with Gasteiger partial charge in [0, 0.05) is 39.0 Å². The van der Waals surface area contributed by atoms with Crippen LogP contribution in [0.3, 0.4) is 0 Å². The van der Waals surface area contributed by atoms with Gasteiger partial charge in [-0.15, -0.1) is 0 Å². The molecule has 7 nitrogen and oxygen atoms in total. The van der Waals surface area contributed by atoms with E-state index in [0.717, 1.165) is 35.7 Å². The molecule has 1 saturated carbocycles. The van der Waals surface area contributed by atoms with Crippen LogP contribution < -0.4 is 16.0 Å². The van der Waals surface area contributed by atoms with Crippen molar-refractivity contribution in [3.05, 3.63) is 108 Å². The molecule has 250 valence electrons. The molecule has 0 bridgehead atoms. The number of likely N-dealkylation sites (tertiary alicyclic amines) is 1. The van der Waals surface area contributed by atoms with E-state index in [1.807, 2.05) is 54.6 Å². The van der Waals surface area contributed by atoms with Gasteiger partial charge in [0.05, 0.1) is 12.0 Å². The number of nitrogens with zero attached hydrogens (tertiary/aromatic N) is 1. The number of carbonyl (C=O) groups excluding carboxylic acids is 3. The van der Waals surface area contributed by atoms with Gasteiger partial charge in [0.25, 0.3) is 0 Å². The molecular formula is C40H52N4O3. The molecule has 0 aromatic heterocycles. The van der Waals surface area contributed by atoms with E-state index in [2.05, 4.69) is 57.2 Å². The maximum Gasteiger partial charge on any atom is 0.239 e. The molecular weight excluding hydrogens is 584 g/mol. The molecule has 7 heteroatoms. The number of hydrogen-bond donors (Lipinski definition) is 3. The van der Waals surface area contributed by atoms with E-state index in [0.29, 0.717) is 25.3 Å². The zero-order valence-electron chi connectivity index (χ0n) is 27.8. The number of amides is 3. The number of nitrogens with one attached hydrogen (secondary N) is 3. The highest BCUT2D eigenvalue weighted by Gasteiger charge is 2.38. The van der Waals surface area contributed by atoms with Crippen LogP contribution in [0.2, 0.25) is 0 Å². The fraction of sp³-hybridized carbons (Fsp3) is 0.475. The van der Waals surface area contributed by atoms with E-state index in [1.165, 1.54) is 58.0 Å². The maximum atomic E-state index is 13.5. The van der Waals surface area contributed by atoms with Crippen molar-refractivity contribution in [2.24, 2.45) is 11.8 Å². The van der Waals surface area contributed by atoms with Crippen LogP contribution in [0.4, 0.5) is 0 Å². The molecule has 3 N–H and O–H groups in total. The van der Waals surface area contributed by atoms with Gasteiger partial charge in [-0.25, -0.2) is 0 Å². The minimum absolute atomic E-state index is 0.0380. The molecule has 3 amide bonds. The predicted molar refractivity (Wildman–Crippen MR) is 188 cm³/mol. The molecule has 0 radical (unpaired) electrons. The van der Waals surface area contributed by atoms with Crippen molar-refractivity contribution in [2.45, 2.75) is 69.6 Å². The Morgan fingerprint density at radius 3 is 1.81 bits per heavy atom. The Morgan fingerprint density at radius 1 is 0.638 bits per heavy atom. The van der Waals surface area contributed by atoms with Gasteiger partial charge < -0.3 is 20.9 Å². The van der Waals surface area contributed by atoms with Crippen LogP contribution in [0.1, 0.15) is 80.9 Å². The van der Waals surface area contributed by atoms with Crippen molar-refractivity contribution >= 4 is 17.7 Å². The van der Waals surface area contributed by atoms with E-state index in [9.17, 15) is 14.4 Å². The van der Waals surface area contributed by atoms with Crippen LogP contribution in [0.15, 0.2) is 91.0 Å². The fourth-order valence-corrected chi connectivity index (χ4v) is 7.56. The Balaban J connectivity index is 1.04. The second kappa shape index (κ2) is 17.8. The first-order valence-electron chi connectivity index (χ1n) is 17.7. The van der Waals surface area contributed by atoms with Crippen LogP contribution in [0.5, 0.6) is 0 Å². The summed E-state index contributed by atoms with van der Waals surface area (Å²) in [5, 5.41) is 8.84. The zero-order chi connectivity index (χ0) is 32.7. The molecule has 0 spiro atoms. The third-order valence-electron chi connectivity index (χ3n) is 10.0. The lowest BCUT2D eigenvalue weighted by Crippen LogP contribution is -2.43. The average Bonchev–Trinajstić information content (AvgIpc) is 3.12. The first kappa shape index (κ1) is 34.4. The quantitative estimate of drug-likeness (QED) is 0.145. The number of carbonyl (C=O) groups is 3. The van der Waals surface area contributed by atoms with Gasteiger partial charge in [0.15, 0.2) is 0 Å². The summed E-state index contributed by atoms with van der Waals surface area (Å²) < 4.78 is 0. The van der Waals surface area contributed by atoms with Gasteiger partial charge in [-0.05, 0) is 67.2 Å². The van der Waals surface area contributed by atoms with E-state index in [4.69, 9.17) is 0 Å². The monoisotopic (exact) mass is 636 g/mol. The minimum Gasteiger partial charge on any atom is -0.356 e. The maximum absolute atomic E-state index is 13.5. The summed E-state index contributed by atoms with van der Waals surface area (Å²) in [6.45, 7) is 4.51. The predicted octanol–water partition coefficient (Wildman–Crippen LogP) is 5.83.